The van der Waals surface area contributed by atoms with E-state index in [-0.39, 0.29) is 0 Å². The number of ether oxygens (including phenoxy) is 1. The van der Waals surface area contributed by atoms with Gasteiger partial charge in [0.2, 0.25) is 0 Å². The van der Waals surface area contributed by atoms with Gasteiger partial charge in [0.15, 0.2) is 5.75 Å². The summed E-state index contributed by atoms with van der Waals surface area (Å²) in [6.07, 6.45) is 0. The van der Waals surface area contributed by atoms with Crippen LogP contribution in [0, 0.1) is 0 Å². The van der Waals surface area contributed by atoms with E-state index in [1.54, 1.807) is 0 Å². The Morgan fingerprint density at radius 1 is 0.313 bits per heavy atom. The molecule has 0 aromatic heterocycles. The van der Waals surface area contributed by atoms with Crippen LogP contribution in [-0.4, -0.2) is 0 Å². The Bertz CT molecular complexity index is 3600. The normalized spacial score (nSPS) is 12.7. The van der Waals surface area contributed by atoms with Crippen molar-refractivity contribution in [2.24, 2.45) is 0 Å². The van der Waals surface area contributed by atoms with Gasteiger partial charge in [0.05, 0.1) is 11.1 Å². The predicted molar refractivity (Wildman–Crippen MR) is 278 cm³/mol. The summed E-state index contributed by atoms with van der Waals surface area (Å²) in [7, 11) is 0. The van der Waals surface area contributed by atoms with Gasteiger partial charge in [-0.05, 0) is 126 Å². The van der Waals surface area contributed by atoms with Crippen molar-refractivity contribution in [2.75, 3.05) is 4.90 Å². The maximum absolute atomic E-state index is 7.50. The summed E-state index contributed by atoms with van der Waals surface area (Å²) in [5, 5.41) is 2.37. The third-order valence-electron chi connectivity index (χ3n) is 13.9. The fraction of sp³-hybridized carbons (Fsp3) is 0.0154. The lowest BCUT2D eigenvalue weighted by molar-refractivity contribution is 0.489. The Morgan fingerprint density at radius 3 is 1.54 bits per heavy atom. The molecular formula is C65H43NO. The first-order valence-electron chi connectivity index (χ1n) is 23.1. The molecule has 314 valence electrons. The first kappa shape index (κ1) is 38.7. The molecule has 0 bridgehead atoms. The summed E-state index contributed by atoms with van der Waals surface area (Å²) >= 11 is 0. The summed E-state index contributed by atoms with van der Waals surface area (Å²) in [6, 6.07) is 94.9. The van der Waals surface area contributed by atoms with Gasteiger partial charge in [-0.15, -0.1) is 0 Å². The van der Waals surface area contributed by atoms with Gasteiger partial charge in [0, 0.05) is 22.5 Å². The second-order valence-corrected chi connectivity index (χ2v) is 17.6. The third-order valence-corrected chi connectivity index (χ3v) is 13.9. The molecule has 0 atom stereocenters. The monoisotopic (exact) mass is 853 g/mol. The van der Waals surface area contributed by atoms with E-state index in [1.165, 1.54) is 49.7 Å². The van der Waals surface area contributed by atoms with Gasteiger partial charge in [0.1, 0.15) is 5.75 Å². The van der Waals surface area contributed by atoms with Crippen molar-refractivity contribution >= 4 is 27.8 Å². The number of benzene rings is 11. The van der Waals surface area contributed by atoms with Crippen molar-refractivity contribution < 1.29 is 4.74 Å². The Balaban J connectivity index is 1.09. The SMILES string of the molecule is c1ccc(-c2ccc(N(c3ccc4c(c3)C(c3ccccc3)(c3ccccc3)c3ccccc3-4)c3cccc4c3Oc3cccc(-c5ccccc5)c3-c3cc5ccccc5cc3-4)cc2)cc1. The molecule has 0 amide bonds. The minimum absolute atomic E-state index is 0.565. The van der Waals surface area contributed by atoms with Crippen molar-refractivity contribution in [3.05, 3.63) is 283 Å². The maximum Gasteiger partial charge on any atom is 0.159 e. The molecule has 67 heavy (non-hydrogen) atoms. The van der Waals surface area contributed by atoms with E-state index < -0.39 is 5.41 Å². The van der Waals surface area contributed by atoms with E-state index in [4.69, 9.17) is 4.74 Å². The van der Waals surface area contributed by atoms with Crippen LogP contribution in [0.3, 0.4) is 0 Å². The molecular weight excluding hydrogens is 811 g/mol. The molecule has 2 nitrogen and oxygen atoms in total. The zero-order valence-corrected chi connectivity index (χ0v) is 36.7. The lowest BCUT2D eigenvalue weighted by atomic mass is 9.67. The van der Waals surface area contributed by atoms with E-state index in [0.29, 0.717) is 0 Å². The highest BCUT2D eigenvalue weighted by Gasteiger charge is 2.46. The molecule has 1 aliphatic carbocycles. The topological polar surface area (TPSA) is 12.5 Å². The van der Waals surface area contributed by atoms with E-state index in [1.807, 2.05) is 0 Å². The molecule has 0 saturated carbocycles. The number of para-hydroxylation sites is 1. The first-order valence-corrected chi connectivity index (χ1v) is 23.1. The molecule has 11 aromatic carbocycles. The summed E-state index contributed by atoms with van der Waals surface area (Å²) < 4.78 is 7.50. The number of nitrogens with zero attached hydrogens (tertiary/aromatic N) is 1. The van der Waals surface area contributed by atoms with Crippen LogP contribution >= 0.6 is 0 Å². The Kier molecular flexibility index (Phi) is 9.11. The molecule has 2 aliphatic rings. The van der Waals surface area contributed by atoms with Gasteiger partial charge in [0.25, 0.3) is 0 Å². The predicted octanol–water partition coefficient (Wildman–Crippen LogP) is 17.4. The molecule has 11 aromatic rings. The van der Waals surface area contributed by atoms with Crippen LogP contribution in [0.2, 0.25) is 0 Å². The summed E-state index contributed by atoms with van der Waals surface area (Å²) in [4.78, 5) is 2.41. The average molecular weight is 854 g/mol. The standard InChI is InChI=1S/C65H43NO/c1-5-19-44(20-6-1)45-35-37-51(38-36-45)66(52-39-40-55-54-29-15-16-32-59(54)65(60(55)43-52,49-25-9-3-10-26-49)50-27-11-4-12-28-50)61-33-17-31-56-57-41-47-23-13-14-24-48(47)42-58(57)63-53(46-21-7-2-8-22-46)30-18-34-62(63)67-64(56)61/h1-43H. The fourth-order valence-electron chi connectivity index (χ4n) is 11.0. The third kappa shape index (κ3) is 6.18. The van der Waals surface area contributed by atoms with Crippen LogP contribution in [0.15, 0.2) is 261 Å². The van der Waals surface area contributed by atoms with Crippen LogP contribution in [0.5, 0.6) is 11.5 Å². The van der Waals surface area contributed by atoms with Crippen LogP contribution in [0.4, 0.5) is 17.1 Å². The second kappa shape index (κ2) is 15.8. The van der Waals surface area contributed by atoms with Crippen LogP contribution in [0.25, 0.3) is 66.4 Å². The lowest BCUT2D eigenvalue weighted by Gasteiger charge is -2.35. The molecule has 0 saturated heterocycles. The Labute approximate surface area is 391 Å². The highest BCUT2D eigenvalue weighted by Crippen LogP contribution is 2.59. The van der Waals surface area contributed by atoms with Gasteiger partial charge in [-0.1, -0.05) is 212 Å². The van der Waals surface area contributed by atoms with Gasteiger partial charge in [-0.2, -0.15) is 0 Å². The lowest BCUT2D eigenvalue weighted by Crippen LogP contribution is -2.28. The molecule has 1 heterocycles. The summed E-state index contributed by atoms with van der Waals surface area (Å²) in [5.41, 5.74) is 18.9. The fourth-order valence-corrected chi connectivity index (χ4v) is 11.0. The minimum Gasteiger partial charge on any atom is -0.454 e. The average Bonchev–Trinajstić information content (AvgIpc) is 3.62. The molecule has 0 N–H and O–H groups in total. The van der Waals surface area contributed by atoms with Crippen LogP contribution < -0.4 is 9.64 Å². The molecule has 13 rings (SSSR count). The van der Waals surface area contributed by atoms with Crippen molar-refractivity contribution in [3.8, 4) is 67.1 Å². The van der Waals surface area contributed by atoms with E-state index in [0.717, 1.165) is 67.5 Å². The zero-order chi connectivity index (χ0) is 44.3. The van der Waals surface area contributed by atoms with Gasteiger partial charge < -0.3 is 9.64 Å². The van der Waals surface area contributed by atoms with Crippen LogP contribution in [0.1, 0.15) is 22.3 Å². The number of rotatable bonds is 7. The highest BCUT2D eigenvalue weighted by atomic mass is 16.5. The largest absolute Gasteiger partial charge is 0.454 e. The Hall–Kier alpha value is -8.72. The summed E-state index contributed by atoms with van der Waals surface area (Å²) in [5.74, 6) is 1.62. The minimum atomic E-state index is -0.565. The first-order chi connectivity index (χ1) is 33.2. The molecule has 0 fully saturated rings. The van der Waals surface area contributed by atoms with E-state index >= 15 is 0 Å². The molecule has 0 spiro atoms. The zero-order valence-electron chi connectivity index (χ0n) is 36.7. The quantitative estimate of drug-likeness (QED) is 0.158. The second-order valence-electron chi connectivity index (χ2n) is 17.6. The number of anilines is 3. The molecule has 0 unspecified atom stereocenters. The van der Waals surface area contributed by atoms with E-state index in [2.05, 4.69) is 266 Å². The smallest absolute Gasteiger partial charge is 0.159 e. The number of hydrogen-bond acceptors (Lipinski definition) is 2. The molecule has 2 heteroatoms. The Morgan fingerprint density at radius 2 is 0.836 bits per heavy atom. The summed E-state index contributed by atoms with van der Waals surface area (Å²) in [6.45, 7) is 0. The number of fused-ring (bicyclic) bond motifs is 9. The van der Waals surface area contributed by atoms with Crippen LogP contribution in [-0.2, 0) is 5.41 Å². The van der Waals surface area contributed by atoms with Gasteiger partial charge in [-0.25, -0.2) is 0 Å². The van der Waals surface area contributed by atoms with Crippen molar-refractivity contribution in [1.82, 2.24) is 0 Å². The van der Waals surface area contributed by atoms with Gasteiger partial charge in [-0.3, -0.25) is 0 Å². The van der Waals surface area contributed by atoms with Crippen molar-refractivity contribution in [3.63, 3.8) is 0 Å². The van der Waals surface area contributed by atoms with Crippen molar-refractivity contribution in [2.45, 2.75) is 5.41 Å². The number of hydrogen-bond donors (Lipinski definition) is 0. The van der Waals surface area contributed by atoms with E-state index in [9.17, 15) is 0 Å². The maximum atomic E-state index is 7.50. The highest BCUT2D eigenvalue weighted by molar-refractivity contribution is 6.05. The molecule has 0 radical (unpaired) electrons. The molecule has 1 aliphatic heterocycles. The van der Waals surface area contributed by atoms with Gasteiger partial charge >= 0.3 is 0 Å². The van der Waals surface area contributed by atoms with Crippen molar-refractivity contribution in [1.29, 1.82) is 0 Å².